The fourth-order valence-corrected chi connectivity index (χ4v) is 0.578. The first kappa shape index (κ1) is 10.1. The summed E-state index contributed by atoms with van der Waals surface area (Å²) >= 11 is 0. The molecule has 0 saturated carbocycles. The highest BCUT2D eigenvalue weighted by Gasteiger charge is 1.93. The van der Waals surface area contributed by atoms with E-state index in [1.54, 1.807) is 13.3 Å². The maximum absolute atomic E-state index is 4.20. The predicted molar refractivity (Wildman–Crippen MR) is 51.8 cm³/mol. The maximum atomic E-state index is 4.20. The SMILES string of the molecule is C=C(C)C(C=NC(C)C)=NC. The summed E-state index contributed by atoms with van der Waals surface area (Å²) in [4.78, 5) is 8.23. The molecule has 0 aliphatic rings. The fourth-order valence-electron chi connectivity index (χ4n) is 0.578. The van der Waals surface area contributed by atoms with Crippen LogP contribution in [0.4, 0.5) is 0 Å². The summed E-state index contributed by atoms with van der Waals surface area (Å²) in [7, 11) is 1.75. The summed E-state index contributed by atoms with van der Waals surface area (Å²) in [6, 6.07) is 0.325. The Hall–Kier alpha value is -0.920. The highest BCUT2D eigenvalue weighted by atomic mass is 14.8. The summed E-state index contributed by atoms with van der Waals surface area (Å²) < 4.78 is 0. The number of rotatable bonds is 3. The van der Waals surface area contributed by atoms with Gasteiger partial charge in [0.25, 0.3) is 0 Å². The van der Waals surface area contributed by atoms with E-state index in [0.29, 0.717) is 6.04 Å². The van der Waals surface area contributed by atoms with Crippen molar-refractivity contribution in [2.75, 3.05) is 7.05 Å². The van der Waals surface area contributed by atoms with E-state index in [0.717, 1.165) is 11.3 Å². The second kappa shape index (κ2) is 4.83. The molecule has 0 aromatic rings. The van der Waals surface area contributed by atoms with Gasteiger partial charge in [0.1, 0.15) is 0 Å². The maximum Gasteiger partial charge on any atom is 0.0772 e. The lowest BCUT2D eigenvalue weighted by Crippen LogP contribution is -2.02. The van der Waals surface area contributed by atoms with Crippen LogP contribution in [-0.4, -0.2) is 25.0 Å². The Morgan fingerprint density at radius 3 is 2.27 bits per heavy atom. The molecule has 0 aromatic heterocycles. The molecule has 0 aliphatic heterocycles. The quantitative estimate of drug-likeness (QED) is 0.553. The molecule has 0 heterocycles. The minimum atomic E-state index is 0.325. The molecule has 0 amide bonds. The van der Waals surface area contributed by atoms with Crippen LogP contribution in [0.5, 0.6) is 0 Å². The molecule has 2 heteroatoms. The van der Waals surface area contributed by atoms with Gasteiger partial charge in [-0.3, -0.25) is 9.98 Å². The second-order valence-corrected chi connectivity index (χ2v) is 2.76. The van der Waals surface area contributed by atoms with Crippen LogP contribution in [0, 0.1) is 0 Å². The molecule has 0 spiro atoms. The first-order valence-corrected chi connectivity index (χ1v) is 3.73. The monoisotopic (exact) mass is 152 g/mol. The van der Waals surface area contributed by atoms with Crippen molar-refractivity contribution in [3.8, 4) is 0 Å². The average molecular weight is 152 g/mol. The molecule has 62 valence electrons. The van der Waals surface area contributed by atoms with Gasteiger partial charge in [0.2, 0.25) is 0 Å². The second-order valence-electron chi connectivity index (χ2n) is 2.76. The van der Waals surface area contributed by atoms with Gasteiger partial charge in [-0.15, -0.1) is 0 Å². The van der Waals surface area contributed by atoms with Gasteiger partial charge < -0.3 is 0 Å². The van der Waals surface area contributed by atoms with Crippen molar-refractivity contribution in [3.05, 3.63) is 12.2 Å². The Labute approximate surface area is 68.8 Å². The van der Waals surface area contributed by atoms with Crippen LogP contribution >= 0.6 is 0 Å². The van der Waals surface area contributed by atoms with E-state index in [4.69, 9.17) is 0 Å². The van der Waals surface area contributed by atoms with Gasteiger partial charge in [-0.05, 0) is 26.3 Å². The van der Waals surface area contributed by atoms with Crippen LogP contribution in [0.15, 0.2) is 22.1 Å². The summed E-state index contributed by atoms with van der Waals surface area (Å²) in [5, 5.41) is 0. The molecule has 0 N–H and O–H groups in total. The zero-order valence-electron chi connectivity index (χ0n) is 7.76. The van der Waals surface area contributed by atoms with Gasteiger partial charge in [-0.2, -0.15) is 0 Å². The molecule has 0 unspecified atom stereocenters. The van der Waals surface area contributed by atoms with E-state index in [1.807, 2.05) is 20.8 Å². The molecule has 0 atom stereocenters. The number of hydrogen-bond acceptors (Lipinski definition) is 2. The van der Waals surface area contributed by atoms with Crippen molar-refractivity contribution in [3.63, 3.8) is 0 Å². The van der Waals surface area contributed by atoms with E-state index < -0.39 is 0 Å². The van der Waals surface area contributed by atoms with Gasteiger partial charge in [0.15, 0.2) is 0 Å². The van der Waals surface area contributed by atoms with Gasteiger partial charge in [-0.1, -0.05) is 6.58 Å². The lowest BCUT2D eigenvalue weighted by molar-refractivity contribution is 0.842. The Morgan fingerprint density at radius 2 is 2.00 bits per heavy atom. The smallest absolute Gasteiger partial charge is 0.0772 e. The largest absolute Gasteiger partial charge is 0.288 e. The summed E-state index contributed by atoms with van der Waals surface area (Å²) in [5.41, 5.74) is 1.83. The Bertz CT molecular complexity index is 188. The predicted octanol–water partition coefficient (Wildman–Crippen LogP) is 2.11. The molecule has 0 aromatic carbocycles. The van der Waals surface area contributed by atoms with Crippen LogP contribution in [0.1, 0.15) is 20.8 Å². The molecule has 0 bridgehead atoms. The van der Waals surface area contributed by atoms with Gasteiger partial charge in [0, 0.05) is 19.3 Å². The number of allylic oxidation sites excluding steroid dienone is 1. The van der Waals surface area contributed by atoms with Crippen LogP contribution in [0.25, 0.3) is 0 Å². The molecule has 2 nitrogen and oxygen atoms in total. The molecule has 0 aliphatic carbocycles. The molecular formula is C9H16N2. The van der Waals surface area contributed by atoms with Crippen molar-refractivity contribution >= 4 is 11.9 Å². The number of aliphatic imine (C=N–C) groups is 2. The highest BCUT2D eigenvalue weighted by molar-refractivity contribution is 6.37. The summed E-state index contributed by atoms with van der Waals surface area (Å²) in [6.45, 7) is 9.77. The van der Waals surface area contributed by atoms with Crippen molar-refractivity contribution in [2.24, 2.45) is 9.98 Å². The van der Waals surface area contributed by atoms with Gasteiger partial charge in [-0.25, -0.2) is 0 Å². The van der Waals surface area contributed by atoms with Crippen LogP contribution in [0.3, 0.4) is 0 Å². The van der Waals surface area contributed by atoms with Crippen molar-refractivity contribution in [1.82, 2.24) is 0 Å². The van der Waals surface area contributed by atoms with Crippen LogP contribution < -0.4 is 0 Å². The lowest BCUT2D eigenvalue weighted by atomic mass is 10.2. The third kappa shape index (κ3) is 4.48. The molecule has 0 rings (SSSR count). The Balaban J connectivity index is 4.22. The van der Waals surface area contributed by atoms with E-state index >= 15 is 0 Å². The van der Waals surface area contributed by atoms with Crippen LogP contribution in [0.2, 0.25) is 0 Å². The van der Waals surface area contributed by atoms with E-state index in [9.17, 15) is 0 Å². The Morgan fingerprint density at radius 1 is 1.45 bits per heavy atom. The normalized spacial score (nSPS) is 13.0. The van der Waals surface area contributed by atoms with E-state index in [1.165, 1.54) is 0 Å². The zero-order chi connectivity index (χ0) is 8.85. The Kier molecular flexibility index (Phi) is 4.42. The molecule has 0 saturated heterocycles. The van der Waals surface area contributed by atoms with E-state index in [-0.39, 0.29) is 0 Å². The summed E-state index contributed by atoms with van der Waals surface area (Å²) in [5.74, 6) is 0. The number of nitrogens with zero attached hydrogens (tertiary/aromatic N) is 2. The third-order valence-electron chi connectivity index (χ3n) is 1.17. The zero-order valence-corrected chi connectivity index (χ0v) is 7.76. The first-order chi connectivity index (χ1) is 5.07. The van der Waals surface area contributed by atoms with Crippen molar-refractivity contribution < 1.29 is 0 Å². The minimum Gasteiger partial charge on any atom is -0.288 e. The van der Waals surface area contributed by atoms with E-state index in [2.05, 4.69) is 16.6 Å². The minimum absolute atomic E-state index is 0.325. The topological polar surface area (TPSA) is 24.7 Å². The molecular weight excluding hydrogens is 136 g/mol. The molecule has 0 radical (unpaired) electrons. The van der Waals surface area contributed by atoms with Gasteiger partial charge in [0.05, 0.1) is 5.71 Å². The fraction of sp³-hybridized carbons (Fsp3) is 0.556. The number of hydrogen-bond donors (Lipinski definition) is 0. The molecule has 11 heavy (non-hydrogen) atoms. The third-order valence-corrected chi connectivity index (χ3v) is 1.17. The van der Waals surface area contributed by atoms with Crippen molar-refractivity contribution in [1.29, 1.82) is 0 Å². The van der Waals surface area contributed by atoms with Gasteiger partial charge >= 0.3 is 0 Å². The average Bonchev–Trinajstić information content (AvgIpc) is 1.87. The van der Waals surface area contributed by atoms with Crippen LogP contribution in [-0.2, 0) is 0 Å². The summed E-state index contributed by atoms with van der Waals surface area (Å²) in [6.07, 6.45) is 1.77. The van der Waals surface area contributed by atoms with Crippen molar-refractivity contribution in [2.45, 2.75) is 26.8 Å². The first-order valence-electron chi connectivity index (χ1n) is 3.73. The highest BCUT2D eigenvalue weighted by Crippen LogP contribution is 1.91. The standard InChI is InChI=1S/C9H16N2/c1-7(2)9(10-5)6-11-8(3)4/h6,8H,1H2,2-5H3. The lowest BCUT2D eigenvalue weighted by Gasteiger charge is -1.98. The molecule has 0 fully saturated rings.